The van der Waals surface area contributed by atoms with Gasteiger partial charge in [0.1, 0.15) is 5.66 Å². The Morgan fingerprint density at radius 3 is 2.59 bits per heavy atom. The van der Waals surface area contributed by atoms with E-state index in [0.717, 1.165) is 41.3 Å². The second-order valence-corrected chi connectivity index (χ2v) is 7.61. The second-order valence-electron chi connectivity index (χ2n) is 7.61. The molecule has 5 nitrogen and oxygen atoms in total. The van der Waals surface area contributed by atoms with Gasteiger partial charge in [-0.3, -0.25) is 9.69 Å². The van der Waals surface area contributed by atoms with Crippen LogP contribution >= 0.6 is 0 Å². The average molecular weight is 386 g/mol. The van der Waals surface area contributed by atoms with Crippen LogP contribution in [0.2, 0.25) is 0 Å². The van der Waals surface area contributed by atoms with Crippen molar-refractivity contribution in [3.05, 3.63) is 83.9 Å². The van der Waals surface area contributed by atoms with Gasteiger partial charge in [0, 0.05) is 11.4 Å². The largest absolute Gasteiger partial charge is 0.454 e. The maximum Gasteiger partial charge on any atom is 0.262 e. The van der Waals surface area contributed by atoms with E-state index in [1.807, 2.05) is 71.6 Å². The lowest BCUT2D eigenvalue weighted by molar-refractivity contribution is 0.0955. The normalized spacial score (nSPS) is 19.6. The molecular formula is C24H22N2O3. The molecule has 0 saturated heterocycles. The number of benzene rings is 3. The maximum absolute atomic E-state index is 13.4. The summed E-state index contributed by atoms with van der Waals surface area (Å²) in [6.45, 7) is 2.35. The molecule has 0 saturated carbocycles. The molecule has 1 atom stereocenters. The number of hydrogen-bond acceptors (Lipinski definition) is 4. The summed E-state index contributed by atoms with van der Waals surface area (Å²) < 4.78 is 10.9. The smallest absolute Gasteiger partial charge is 0.262 e. The molecule has 5 heteroatoms. The van der Waals surface area contributed by atoms with Crippen molar-refractivity contribution < 1.29 is 14.3 Å². The third kappa shape index (κ3) is 3.09. The Kier molecular flexibility index (Phi) is 4.16. The van der Waals surface area contributed by atoms with Crippen LogP contribution in [0.3, 0.4) is 0 Å². The standard InChI is InChI=1S/C24H22N2O3/c1-24(14-13-17-11-12-21-22(15-17)29-16-28-21)25-20-10-6-5-9-19(20)23(27)26(24)18-7-3-2-4-8-18/h2-12,15,25H,13-14,16H2,1H3. The molecule has 29 heavy (non-hydrogen) atoms. The molecule has 0 aliphatic carbocycles. The fourth-order valence-corrected chi connectivity index (χ4v) is 4.11. The van der Waals surface area contributed by atoms with E-state index in [9.17, 15) is 4.79 Å². The van der Waals surface area contributed by atoms with Gasteiger partial charge >= 0.3 is 0 Å². The summed E-state index contributed by atoms with van der Waals surface area (Å²) in [4.78, 5) is 15.3. The molecule has 2 aliphatic rings. The molecule has 1 amide bonds. The van der Waals surface area contributed by atoms with Gasteiger partial charge in [0.2, 0.25) is 6.79 Å². The van der Waals surface area contributed by atoms with Crippen LogP contribution in [-0.2, 0) is 6.42 Å². The molecule has 0 spiro atoms. The number of ether oxygens (including phenoxy) is 2. The minimum Gasteiger partial charge on any atom is -0.454 e. The van der Waals surface area contributed by atoms with E-state index in [2.05, 4.69) is 18.3 Å². The van der Waals surface area contributed by atoms with Crippen LogP contribution in [-0.4, -0.2) is 18.4 Å². The molecule has 0 bridgehead atoms. The number of nitrogens with zero attached hydrogens (tertiary/aromatic N) is 1. The first-order chi connectivity index (χ1) is 14.1. The fraction of sp³-hybridized carbons (Fsp3) is 0.208. The molecule has 1 N–H and O–H groups in total. The number of anilines is 2. The monoisotopic (exact) mass is 386 g/mol. The molecule has 3 aromatic rings. The van der Waals surface area contributed by atoms with Crippen molar-refractivity contribution in [1.82, 2.24) is 0 Å². The van der Waals surface area contributed by atoms with E-state index in [0.29, 0.717) is 5.56 Å². The van der Waals surface area contributed by atoms with Crippen molar-refractivity contribution in [2.45, 2.75) is 25.4 Å². The summed E-state index contributed by atoms with van der Waals surface area (Å²) in [7, 11) is 0. The van der Waals surface area contributed by atoms with Gasteiger partial charge in [-0.2, -0.15) is 0 Å². The predicted molar refractivity (Wildman–Crippen MR) is 113 cm³/mol. The number of para-hydroxylation sites is 2. The molecule has 1 unspecified atom stereocenters. The predicted octanol–water partition coefficient (Wildman–Crippen LogP) is 4.84. The van der Waals surface area contributed by atoms with Crippen LogP contribution in [0.4, 0.5) is 11.4 Å². The lowest BCUT2D eigenvalue weighted by Gasteiger charge is -2.46. The zero-order valence-electron chi connectivity index (χ0n) is 16.2. The highest BCUT2D eigenvalue weighted by atomic mass is 16.7. The molecule has 0 aromatic heterocycles. The number of hydrogen-bond donors (Lipinski definition) is 1. The third-order valence-electron chi connectivity index (χ3n) is 5.61. The van der Waals surface area contributed by atoms with E-state index >= 15 is 0 Å². The molecule has 0 fully saturated rings. The van der Waals surface area contributed by atoms with Crippen LogP contribution < -0.4 is 19.7 Å². The van der Waals surface area contributed by atoms with Crippen molar-refractivity contribution in [3.8, 4) is 11.5 Å². The molecule has 5 rings (SSSR count). The van der Waals surface area contributed by atoms with E-state index in [1.165, 1.54) is 0 Å². The number of aryl methyl sites for hydroxylation is 1. The SMILES string of the molecule is CC1(CCc2ccc3c(c2)OCO3)Nc2ccccc2C(=O)N1c1ccccc1. The van der Waals surface area contributed by atoms with Crippen LogP contribution in [0.15, 0.2) is 72.8 Å². The Hall–Kier alpha value is -3.47. The number of fused-ring (bicyclic) bond motifs is 2. The number of carbonyl (C=O) groups excluding carboxylic acids is 1. The molecule has 0 radical (unpaired) electrons. The van der Waals surface area contributed by atoms with Crippen molar-refractivity contribution in [2.24, 2.45) is 0 Å². The van der Waals surface area contributed by atoms with Crippen LogP contribution in [0.1, 0.15) is 29.3 Å². The summed E-state index contributed by atoms with van der Waals surface area (Å²) in [6, 6.07) is 23.6. The van der Waals surface area contributed by atoms with Gasteiger partial charge < -0.3 is 14.8 Å². The quantitative estimate of drug-likeness (QED) is 0.697. The molecular weight excluding hydrogens is 364 g/mol. The number of amides is 1. The molecule has 3 aromatic carbocycles. The number of nitrogens with one attached hydrogen (secondary N) is 1. The minimum atomic E-state index is -0.566. The Bertz CT molecular complexity index is 1070. The van der Waals surface area contributed by atoms with Gasteiger partial charge in [0.15, 0.2) is 11.5 Å². The van der Waals surface area contributed by atoms with Gasteiger partial charge in [-0.15, -0.1) is 0 Å². The first-order valence-corrected chi connectivity index (χ1v) is 9.79. The summed E-state index contributed by atoms with van der Waals surface area (Å²) in [5.41, 5.74) is 3.03. The summed E-state index contributed by atoms with van der Waals surface area (Å²) in [5, 5.41) is 3.62. The van der Waals surface area contributed by atoms with Crippen molar-refractivity contribution in [1.29, 1.82) is 0 Å². The summed E-state index contributed by atoms with van der Waals surface area (Å²) >= 11 is 0. The van der Waals surface area contributed by atoms with Gasteiger partial charge in [0.05, 0.1) is 5.56 Å². The number of carbonyl (C=O) groups is 1. The second kappa shape index (κ2) is 6.85. The molecule has 146 valence electrons. The zero-order chi connectivity index (χ0) is 19.8. The Balaban J connectivity index is 1.49. The van der Waals surface area contributed by atoms with E-state index in [-0.39, 0.29) is 12.7 Å². The third-order valence-corrected chi connectivity index (χ3v) is 5.61. The topological polar surface area (TPSA) is 50.8 Å². The van der Waals surface area contributed by atoms with Crippen LogP contribution in [0.25, 0.3) is 0 Å². The van der Waals surface area contributed by atoms with Crippen molar-refractivity contribution in [3.63, 3.8) is 0 Å². The Morgan fingerprint density at radius 1 is 0.966 bits per heavy atom. The van der Waals surface area contributed by atoms with E-state index in [1.54, 1.807) is 0 Å². The Labute approximate surface area is 169 Å². The van der Waals surface area contributed by atoms with Gasteiger partial charge in [-0.25, -0.2) is 0 Å². The van der Waals surface area contributed by atoms with Crippen molar-refractivity contribution in [2.75, 3.05) is 17.0 Å². The maximum atomic E-state index is 13.4. The number of rotatable bonds is 4. The lowest BCUT2D eigenvalue weighted by Crippen LogP contribution is -2.58. The van der Waals surface area contributed by atoms with Gasteiger partial charge in [-0.1, -0.05) is 36.4 Å². The Morgan fingerprint density at radius 2 is 1.72 bits per heavy atom. The highest BCUT2D eigenvalue weighted by molar-refractivity contribution is 6.12. The minimum absolute atomic E-state index is 0.0127. The molecule has 2 heterocycles. The highest BCUT2D eigenvalue weighted by Crippen LogP contribution is 2.38. The fourth-order valence-electron chi connectivity index (χ4n) is 4.11. The van der Waals surface area contributed by atoms with Gasteiger partial charge in [0.25, 0.3) is 5.91 Å². The summed E-state index contributed by atoms with van der Waals surface area (Å²) in [5.74, 6) is 1.58. The van der Waals surface area contributed by atoms with Crippen LogP contribution in [0, 0.1) is 0 Å². The van der Waals surface area contributed by atoms with E-state index in [4.69, 9.17) is 9.47 Å². The first-order valence-electron chi connectivity index (χ1n) is 9.79. The average Bonchev–Trinajstić information content (AvgIpc) is 3.21. The van der Waals surface area contributed by atoms with Crippen molar-refractivity contribution >= 4 is 17.3 Å². The highest BCUT2D eigenvalue weighted by Gasteiger charge is 2.41. The molecule has 2 aliphatic heterocycles. The zero-order valence-corrected chi connectivity index (χ0v) is 16.2. The first kappa shape index (κ1) is 17.6. The van der Waals surface area contributed by atoms with Crippen LogP contribution in [0.5, 0.6) is 11.5 Å². The lowest BCUT2D eigenvalue weighted by atomic mass is 9.93. The summed E-state index contributed by atoms with van der Waals surface area (Å²) in [6.07, 6.45) is 1.53. The van der Waals surface area contributed by atoms with Gasteiger partial charge in [-0.05, 0) is 61.7 Å². The van der Waals surface area contributed by atoms with E-state index < -0.39 is 5.66 Å².